The van der Waals surface area contributed by atoms with Gasteiger partial charge in [0.05, 0.1) is 18.9 Å². The monoisotopic (exact) mass is 465 g/mol. The van der Waals surface area contributed by atoms with Crippen molar-refractivity contribution in [1.29, 1.82) is 0 Å². The largest absolute Gasteiger partial charge is 0.348 e. The molecule has 1 fully saturated rings. The maximum Gasteiger partial charge on any atom is 0.185 e. The first-order chi connectivity index (χ1) is 16.8. The van der Waals surface area contributed by atoms with Crippen LogP contribution in [0.5, 0.6) is 0 Å². The zero-order valence-corrected chi connectivity index (χ0v) is 21.9. The van der Waals surface area contributed by atoms with Crippen LogP contribution >= 0.6 is 0 Å². The van der Waals surface area contributed by atoms with Crippen molar-refractivity contribution in [3.05, 3.63) is 53.7 Å². The molecule has 1 aromatic carbocycles. The summed E-state index contributed by atoms with van der Waals surface area (Å²) in [6.45, 7) is 8.42. The van der Waals surface area contributed by atoms with Crippen LogP contribution in [0.25, 0.3) is 11.3 Å². The molecule has 188 valence electrons. The van der Waals surface area contributed by atoms with Gasteiger partial charge in [-0.15, -0.1) is 0 Å². The Labute approximate surface area is 208 Å². The third-order valence-corrected chi connectivity index (χ3v) is 7.21. The topological polar surface area (TPSA) is 31.4 Å². The zero-order valence-electron chi connectivity index (χ0n) is 21.9. The highest BCUT2D eigenvalue weighted by Crippen LogP contribution is 2.35. The molecular weight excluding hydrogens is 418 g/mol. The molecule has 0 amide bonds. The molecule has 0 aliphatic carbocycles. The summed E-state index contributed by atoms with van der Waals surface area (Å²) in [6.07, 6.45) is 17.2. The number of ether oxygens (including phenoxy) is 2. The van der Waals surface area contributed by atoms with Crippen molar-refractivity contribution in [2.75, 3.05) is 13.2 Å². The van der Waals surface area contributed by atoms with Gasteiger partial charge in [0.1, 0.15) is 0 Å². The molecule has 34 heavy (non-hydrogen) atoms. The van der Waals surface area contributed by atoms with E-state index in [0.29, 0.717) is 11.8 Å². The maximum absolute atomic E-state index is 6.09. The van der Waals surface area contributed by atoms with E-state index in [1.807, 2.05) is 6.20 Å². The standard InChI is InChI=1S/C31H47NO2/c1-4-7-9-10-11-12-16-25-23-33-31(34-24-25)27-20-21-30(32-22-27)29-19-14-13-18-28(29)26(15-6-3)17-8-5-2/h13-14,18-22,25-26,31H,4-12,15-17,23-24H2,1-3H3. The zero-order chi connectivity index (χ0) is 24.0. The van der Waals surface area contributed by atoms with Crippen LogP contribution in [0.1, 0.15) is 121 Å². The van der Waals surface area contributed by atoms with E-state index in [4.69, 9.17) is 14.5 Å². The molecule has 3 heteroatoms. The number of hydrogen-bond donors (Lipinski definition) is 0. The fraction of sp³-hybridized carbons (Fsp3) is 0.645. The quantitative estimate of drug-likeness (QED) is 0.246. The second kappa shape index (κ2) is 15.3. The van der Waals surface area contributed by atoms with Gasteiger partial charge in [0.2, 0.25) is 0 Å². The molecule has 1 atom stereocenters. The lowest BCUT2D eigenvalue weighted by molar-refractivity contribution is -0.206. The van der Waals surface area contributed by atoms with Gasteiger partial charge in [0, 0.05) is 23.2 Å². The van der Waals surface area contributed by atoms with Gasteiger partial charge >= 0.3 is 0 Å². The van der Waals surface area contributed by atoms with E-state index < -0.39 is 0 Å². The number of rotatable bonds is 15. The summed E-state index contributed by atoms with van der Waals surface area (Å²) in [5.41, 5.74) is 4.79. The van der Waals surface area contributed by atoms with Crippen LogP contribution in [-0.4, -0.2) is 18.2 Å². The van der Waals surface area contributed by atoms with Crippen molar-refractivity contribution >= 4 is 0 Å². The number of hydrogen-bond acceptors (Lipinski definition) is 3. The van der Waals surface area contributed by atoms with Crippen molar-refractivity contribution in [2.45, 2.75) is 110 Å². The van der Waals surface area contributed by atoms with Gasteiger partial charge in [-0.1, -0.05) is 109 Å². The smallest absolute Gasteiger partial charge is 0.185 e. The maximum atomic E-state index is 6.09. The normalized spacial score (nSPS) is 19.3. The Morgan fingerprint density at radius 1 is 0.794 bits per heavy atom. The number of aromatic nitrogens is 1. The molecule has 1 aromatic heterocycles. The van der Waals surface area contributed by atoms with Crippen molar-refractivity contribution in [1.82, 2.24) is 4.98 Å². The van der Waals surface area contributed by atoms with Crippen LogP contribution in [0.2, 0.25) is 0 Å². The number of benzene rings is 1. The lowest BCUT2D eigenvalue weighted by atomic mass is 9.86. The minimum absolute atomic E-state index is 0.282. The lowest BCUT2D eigenvalue weighted by Gasteiger charge is -2.29. The Bertz CT molecular complexity index is 795. The molecule has 2 heterocycles. The molecule has 3 nitrogen and oxygen atoms in total. The highest BCUT2D eigenvalue weighted by atomic mass is 16.7. The molecule has 1 unspecified atom stereocenters. The minimum atomic E-state index is -0.282. The fourth-order valence-electron chi connectivity index (χ4n) is 5.16. The average Bonchev–Trinajstić information content (AvgIpc) is 2.89. The van der Waals surface area contributed by atoms with Crippen molar-refractivity contribution in [2.24, 2.45) is 5.92 Å². The number of pyridine rings is 1. The van der Waals surface area contributed by atoms with Gasteiger partial charge in [0.25, 0.3) is 0 Å². The second-order valence-corrected chi connectivity index (χ2v) is 10.1. The summed E-state index contributed by atoms with van der Waals surface area (Å²) in [6, 6.07) is 13.1. The van der Waals surface area contributed by atoms with Gasteiger partial charge < -0.3 is 9.47 Å². The average molecular weight is 466 g/mol. The summed E-state index contributed by atoms with van der Waals surface area (Å²) in [4.78, 5) is 4.85. The van der Waals surface area contributed by atoms with Gasteiger partial charge in [-0.05, 0) is 36.8 Å². The van der Waals surface area contributed by atoms with E-state index in [1.54, 1.807) is 0 Å². The molecule has 0 bridgehead atoms. The molecule has 1 aliphatic heterocycles. The van der Waals surface area contributed by atoms with Crippen LogP contribution in [0.15, 0.2) is 42.6 Å². The summed E-state index contributed by atoms with van der Waals surface area (Å²) in [5, 5.41) is 0. The van der Waals surface area contributed by atoms with E-state index in [9.17, 15) is 0 Å². The van der Waals surface area contributed by atoms with E-state index in [2.05, 4.69) is 57.2 Å². The molecule has 0 spiro atoms. The fourth-order valence-corrected chi connectivity index (χ4v) is 5.16. The summed E-state index contributed by atoms with van der Waals surface area (Å²) >= 11 is 0. The lowest BCUT2D eigenvalue weighted by Crippen LogP contribution is -2.27. The van der Waals surface area contributed by atoms with Crippen LogP contribution in [0.3, 0.4) is 0 Å². The first-order valence-corrected chi connectivity index (χ1v) is 14.0. The van der Waals surface area contributed by atoms with Gasteiger partial charge in [0.15, 0.2) is 6.29 Å². The molecule has 1 aliphatic rings. The minimum Gasteiger partial charge on any atom is -0.348 e. The van der Waals surface area contributed by atoms with Crippen LogP contribution in [0, 0.1) is 5.92 Å². The van der Waals surface area contributed by atoms with Gasteiger partial charge in [-0.2, -0.15) is 0 Å². The van der Waals surface area contributed by atoms with E-state index in [-0.39, 0.29) is 6.29 Å². The van der Waals surface area contributed by atoms with Crippen LogP contribution in [-0.2, 0) is 9.47 Å². The molecule has 0 saturated carbocycles. The molecule has 0 N–H and O–H groups in total. The van der Waals surface area contributed by atoms with E-state index in [1.165, 1.54) is 88.2 Å². The predicted molar refractivity (Wildman–Crippen MR) is 143 cm³/mol. The number of unbranched alkanes of at least 4 members (excludes halogenated alkanes) is 6. The van der Waals surface area contributed by atoms with Crippen molar-refractivity contribution in [3.8, 4) is 11.3 Å². The second-order valence-electron chi connectivity index (χ2n) is 10.1. The first kappa shape index (κ1) is 26.9. The van der Waals surface area contributed by atoms with Gasteiger partial charge in [-0.25, -0.2) is 0 Å². The summed E-state index contributed by atoms with van der Waals surface area (Å²) in [7, 11) is 0. The molecule has 1 saturated heterocycles. The Morgan fingerprint density at radius 2 is 1.53 bits per heavy atom. The van der Waals surface area contributed by atoms with E-state index in [0.717, 1.165) is 24.5 Å². The molecule has 2 aromatic rings. The SMILES string of the molecule is CCCCCCCCC1COC(c2ccc(-c3ccccc3C(CCC)CCCC)nc2)OC1. The Hall–Kier alpha value is -1.71. The van der Waals surface area contributed by atoms with Crippen LogP contribution < -0.4 is 0 Å². The van der Waals surface area contributed by atoms with Crippen molar-refractivity contribution in [3.63, 3.8) is 0 Å². The van der Waals surface area contributed by atoms with Crippen LogP contribution in [0.4, 0.5) is 0 Å². The third-order valence-electron chi connectivity index (χ3n) is 7.21. The predicted octanol–water partition coefficient (Wildman–Crippen LogP) is 9.23. The molecule has 0 radical (unpaired) electrons. The molecule has 3 rings (SSSR count). The van der Waals surface area contributed by atoms with E-state index >= 15 is 0 Å². The Kier molecular flexibility index (Phi) is 12.1. The third kappa shape index (κ3) is 8.20. The van der Waals surface area contributed by atoms with Crippen molar-refractivity contribution < 1.29 is 9.47 Å². The Balaban J connectivity index is 1.55. The first-order valence-electron chi connectivity index (χ1n) is 14.0. The highest BCUT2D eigenvalue weighted by Gasteiger charge is 2.24. The summed E-state index contributed by atoms with van der Waals surface area (Å²) in [5.74, 6) is 1.14. The number of nitrogens with zero attached hydrogens (tertiary/aromatic N) is 1. The Morgan fingerprint density at radius 3 is 2.24 bits per heavy atom. The van der Waals surface area contributed by atoms with Gasteiger partial charge in [-0.3, -0.25) is 4.98 Å². The molecular formula is C31H47NO2. The highest BCUT2D eigenvalue weighted by molar-refractivity contribution is 5.64. The summed E-state index contributed by atoms with van der Waals surface area (Å²) < 4.78 is 12.2.